The van der Waals surface area contributed by atoms with E-state index in [0.29, 0.717) is 0 Å². The molecule has 0 amide bonds. The molecule has 1 aromatic rings. The van der Waals surface area contributed by atoms with E-state index in [1.165, 1.54) is 5.56 Å². The minimum absolute atomic E-state index is 0.0577. The van der Waals surface area contributed by atoms with Gasteiger partial charge in [-0.1, -0.05) is 37.1 Å². The lowest BCUT2D eigenvalue weighted by Gasteiger charge is -2.51. The fraction of sp³-hybridized carbons (Fsp3) is 0.700. The van der Waals surface area contributed by atoms with E-state index in [4.69, 9.17) is 21.1 Å². The zero-order valence-corrected chi connectivity index (χ0v) is 18.1. The molecule has 0 radical (unpaired) electrons. The maximum absolute atomic E-state index is 12.9. The molecule has 1 aliphatic carbocycles. The Labute approximate surface area is 165 Å². The van der Waals surface area contributed by atoms with Gasteiger partial charge in [0.15, 0.2) is 0 Å². The third-order valence-corrected chi connectivity index (χ3v) is 7.06. The van der Waals surface area contributed by atoms with Crippen molar-refractivity contribution >= 4 is 22.6 Å². The lowest BCUT2D eigenvalue weighted by atomic mass is 9.59. The Kier molecular flexibility index (Phi) is 7.69. The van der Waals surface area contributed by atoms with Crippen LogP contribution in [0.5, 0.6) is 0 Å². The maximum Gasteiger partial charge on any atom is 0.146 e. The van der Waals surface area contributed by atoms with Gasteiger partial charge in [0, 0.05) is 17.5 Å². The van der Waals surface area contributed by atoms with Gasteiger partial charge in [0.1, 0.15) is 6.79 Å². The predicted molar refractivity (Wildman–Crippen MR) is 109 cm³/mol. The van der Waals surface area contributed by atoms with Gasteiger partial charge < -0.3 is 9.47 Å². The van der Waals surface area contributed by atoms with Crippen molar-refractivity contribution in [3.05, 3.63) is 34.9 Å². The summed E-state index contributed by atoms with van der Waals surface area (Å²) in [7, 11) is 0.441. The first-order valence-electron chi connectivity index (χ1n) is 9.29. The topological polar surface area (TPSA) is 47.6 Å². The minimum Gasteiger partial charge on any atom is -0.359 e. The van der Waals surface area contributed by atoms with Gasteiger partial charge in [-0.2, -0.15) is 0 Å². The second-order valence-electron chi connectivity index (χ2n) is 8.01. The number of benzene rings is 1. The molecule has 1 saturated carbocycles. The van der Waals surface area contributed by atoms with Crippen molar-refractivity contribution in [3.63, 3.8) is 0 Å². The van der Waals surface area contributed by atoms with Gasteiger partial charge in [-0.15, -0.1) is 0 Å². The number of nitrogens with one attached hydrogen (secondary N) is 1. The Hall–Kier alpha value is -0.460. The Bertz CT molecular complexity index is 596. The van der Waals surface area contributed by atoms with Crippen LogP contribution in [0.15, 0.2) is 24.3 Å². The molecule has 1 aromatic carbocycles. The van der Waals surface area contributed by atoms with Crippen molar-refractivity contribution in [2.75, 3.05) is 13.9 Å². The van der Waals surface area contributed by atoms with Gasteiger partial charge in [0.25, 0.3) is 0 Å². The van der Waals surface area contributed by atoms with Gasteiger partial charge in [0.2, 0.25) is 0 Å². The molecule has 6 heteroatoms. The summed E-state index contributed by atoms with van der Waals surface area (Å²) in [4.78, 5) is 0. The zero-order valence-electron chi connectivity index (χ0n) is 16.5. The smallest absolute Gasteiger partial charge is 0.146 e. The van der Waals surface area contributed by atoms with Crippen LogP contribution in [0.4, 0.5) is 0 Å². The molecule has 0 unspecified atom stereocenters. The van der Waals surface area contributed by atoms with Gasteiger partial charge >= 0.3 is 0 Å². The number of hydrogen-bond acceptors (Lipinski definition) is 3. The quantitative estimate of drug-likeness (QED) is 0.616. The molecular weight excluding hydrogens is 370 g/mol. The molecule has 0 saturated heterocycles. The normalized spacial score (nSPS) is 20.2. The number of rotatable bonds is 9. The second-order valence-corrected chi connectivity index (χ2v) is 10.4. The van der Waals surface area contributed by atoms with Crippen LogP contribution in [0, 0.1) is 0 Å². The van der Waals surface area contributed by atoms with Crippen molar-refractivity contribution in [2.45, 2.75) is 75.7 Å². The van der Waals surface area contributed by atoms with Crippen molar-refractivity contribution in [1.29, 1.82) is 0 Å². The third kappa shape index (κ3) is 4.87. The van der Waals surface area contributed by atoms with Crippen molar-refractivity contribution < 1.29 is 13.7 Å². The van der Waals surface area contributed by atoms with Crippen molar-refractivity contribution in [2.24, 2.45) is 0 Å². The SMILES string of the molecule is CC[C@@H](OCOC)[C@H](N[S@@](=O)C(C)(C)C)C1(c2ccc(Cl)cc2)CCC1. The van der Waals surface area contributed by atoms with Crippen LogP contribution in [-0.4, -0.2) is 35.0 Å². The van der Waals surface area contributed by atoms with E-state index in [9.17, 15) is 4.21 Å². The molecule has 0 aromatic heterocycles. The summed E-state index contributed by atoms with van der Waals surface area (Å²) in [6.07, 6.45) is 3.97. The van der Waals surface area contributed by atoms with Crippen LogP contribution in [0.1, 0.15) is 58.9 Å². The highest BCUT2D eigenvalue weighted by atomic mass is 35.5. The first kappa shape index (κ1) is 21.8. The summed E-state index contributed by atoms with van der Waals surface area (Å²) in [6.45, 7) is 8.29. The first-order chi connectivity index (χ1) is 12.2. The molecule has 2 rings (SSSR count). The fourth-order valence-electron chi connectivity index (χ4n) is 3.56. The highest BCUT2D eigenvalue weighted by Crippen LogP contribution is 2.48. The molecule has 4 nitrogen and oxygen atoms in total. The number of hydrogen-bond donors (Lipinski definition) is 1. The van der Waals surface area contributed by atoms with Crippen LogP contribution in [0.25, 0.3) is 0 Å². The Morgan fingerprint density at radius 2 is 1.88 bits per heavy atom. The molecule has 0 aliphatic heterocycles. The maximum atomic E-state index is 12.9. The summed E-state index contributed by atoms with van der Waals surface area (Å²) in [5, 5.41) is 0.730. The molecular formula is C20H32ClNO3S. The standard InChI is InChI=1S/C20H32ClNO3S/c1-6-17(25-14-24-5)18(22-26(23)19(2,3)4)20(12-7-13-20)15-8-10-16(21)11-9-15/h8-11,17-18,22H,6-7,12-14H2,1-5H3/t17-,18+,26+/m1/s1. The van der Waals surface area contributed by atoms with E-state index in [1.54, 1.807) is 7.11 Å². The lowest BCUT2D eigenvalue weighted by Crippen LogP contribution is -2.60. The Morgan fingerprint density at radius 3 is 2.31 bits per heavy atom. The Morgan fingerprint density at radius 1 is 1.27 bits per heavy atom. The van der Waals surface area contributed by atoms with E-state index in [-0.39, 0.29) is 29.1 Å². The molecule has 1 aliphatic rings. The average Bonchev–Trinajstić information content (AvgIpc) is 2.55. The van der Waals surface area contributed by atoms with E-state index < -0.39 is 11.0 Å². The summed E-state index contributed by atoms with van der Waals surface area (Å²) >= 11 is 6.10. The predicted octanol–water partition coefficient (Wildman–Crippen LogP) is 4.58. The molecule has 148 valence electrons. The largest absolute Gasteiger partial charge is 0.359 e. The third-order valence-electron chi connectivity index (χ3n) is 5.22. The summed E-state index contributed by atoms with van der Waals surface area (Å²) in [5.41, 5.74) is 1.14. The van der Waals surface area contributed by atoms with E-state index in [0.717, 1.165) is 30.7 Å². The number of halogens is 1. The van der Waals surface area contributed by atoms with Crippen LogP contribution in [-0.2, 0) is 25.9 Å². The van der Waals surface area contributed by atoms with Crippen LogP contribution in [0.3, 0.4) is 0 Å². The van der Waals surface area contributed by atoms with Crippen molar-refractivity contribution in [1.82, 2.24) is 4.72 Å². The number of methoxy groups -OCH3 is 1. The number of ether oxygens (including phenoxy) is 2. The molecule has 0 heterocycles. The van der Waals surface area contributed by atoms with E-state index in [1.807, 2.05) is 32.9 Å². The highest BCUT2D eigenvalue weighted by Gasteiger charge is 2.49. The summed E-state index contributed by atoms with van der Waals surface area (Å²) in [5.74, 6) is 0. The molecule has 1 N–H and O–H groups in total. The van der Waals surface area contributed by atoms with Crippen LogP contribution < -0.4 is 4.72 Å². The minimum atomic E-state index is -1.18. The van der Waals surface area contributed by atoms with Crippen LogP contribution in [0.2, 0.25) is 5.02 Å². The van der Waals surface area contributed by atoms with Crippen molar-refractivity contribution in [3.8, 4) is 0 Å². The second kappa shape index (κ2) is 9.16. The summed E-state index contributed by atoms with van der Waals surface area (Å²) in [6, 6.07) is 8.01. The van der Waals surface area contributed by atoms with Gasteiger partial charge in [-0.25, -0.2) is 8.93 Å². The molecule has 1 fully saturated rings. The van der Waals surface area contributed by atoms with Gasteiger partial charge in [-0.05, 0) is 57.7 Å². The van der Waals surface area contributed by atoms with Gasteiger partial charge in [-0.3, -0.25) is 0 Å². The first-order valence-corrected chi connectivity index (χ1v) is 10.8. The molecule has 26 heavy (non-hydrogen) atoms. The fourth-order valence-corrected chi connectivity index (χ4v) is 4.65. The van der Waals surface area contributed by atoms with Crippen LogP contribution >= 0.6 is 11.6 Å². The molecule has 0 spiro atoms. The van der Waals surface area contributed by atoms with E-state index in [2.05, 4.69) is 23.8 Å². The summed E-state index contributed by atoms with van der Waals surface area (Å²) < 4.78 is 27.2. The van der Waals surface area contributed by atoms with Gasteiger partial charge in [0.05, 0.1) is 27.9 Å². The highest BCUT2D eigenvalue weighted by molar-refractivity contribution is 7.84. The Balaban J connectivity index is 2.39. The average molecular weight is 402 g/mol. The zero-order chi connectivity index (χ0) is 19.4. The van der Waals surface area contributed by atoms with E-state index >= 15 is 0 Å². The monoisotopic (exact) mass is 401 g/mol. The lowest BCUT2D eigenvalue weighted by molar-refractivity contribution is -0.0962. The molecule has 3 atom stereocenters. The molecule has 0 bridgehead atoms.